The van der Waals surface area contributed by atoms with Crippen LogP contribution in [0.25, 0.3) is 10.8 Å². The predicted octanol–water partition coefficient (Wildman–Crippen LogP) is 5.25. The number of halogens is 3. The predicted molar refractivity (Wildman–Crippen MR) is 111 cm³/mol. The molecule has 6 nitrogen and oxygen atoms in total. The molecule has 0 N–H and O–H groups in total. The second-order valence-corrected chi connectivity index (χ2v) is 9.01. The van der Waals surface area contributed by atoms with Gasteiger partial charge in [0, 0.05) is 29.4 Å². The summed E-state index contributed by atoms with van der Waals surface area (Å²) in [6.07, 6.45) is -0.197. The Kier molecular flexibility index (Phi) is 5.31. The van der Waals surface area contributed by atoms with Crippen LogP contribution in [0, 0.1) is 0 Å². The number of sulfonamides is 1. The minimum Gasteiger partial charge on any atom is -0.495 e. The number of nitrogens with zero attached hydrogens (tertiary/aromatic N) is 3. The van der Waals surface area contributed by atoms with E-state index in [9.17, 15) is 21.6 Å². The normalized spacial score (nSPS) is 12.1. The standard InChI is InChI=1S/C20H14F3N3O3S2/c1-29-18-5-3-15(20(21,22)23)11-17(18)26(19-25-8-9-30-19)31(27,28)16-4-2-14-12-24-7-6-13(14)10-16/h2-12H,1H3. The van der Waals surface area contributed by atoms with Crippen LogP contribution in [0.4, 0.5) is 24.0 Å². The molecule has 0 aliphatic rings. The fraction of sp³-hybridized carbons (Fsp3) is 0.100. The van der Waals surface area contributed by atoms with Crippen molar-refractivity contribution < 1.29 is 26.3 Å². The molecule has 0 aliphatic heterocycles. The van der Waals surface area contributed by atoms with Crippen molar-refractivity contribution in [1.29, 1.82) is 0 Å². The fourth-order valence-electron chi connectivity index (χ4n) is 3.00. The number of alkyl halides is 3. The van der Waals surface area contributed by atoms with Gasteiger partial charge in [-0.2, -0.15) is 13.2 Å². The zero-order valence-electron chi connectivity index (χ0n) is 15.9. The molecule has 2 aromatic carbocycles. The number of fused-ring (bicyclic) bond motifs is 1. The Hall–Kier alpha value is -3.18. The highest BCUT2D eigenvalue weighted by molar-refractivity contribution is 7.93. The summed E-state index contributed by atoms with van der Waals surface area (Å²) in [5.74, 6) is -0.0447. The maximum Gasteiger partial charge on any atom is 0.416 e. The van der Waals surface area contributed by atoms with E-state index in [-0.39, 0.29) is 21.5 Å². The van der Waals surface area contributed by atoms with Gasteiger partial charge in [0.25, 0.3) is 10.0 Å². The first-order valence-corrected chi connectivity index (χ1v) is 11.1. The molecule has 0 saturated carbocycles. The lowest BCUT2D eigenvalue weighted by molar-refractivity contribution is -0.137. The number of aromatic nitrogens is 2. The summed E-state index contributed by atoms with van der Waals surface area (Å²) < 4.78 is 73.4. The number of ether oxygens (including phenoxy) is 1. The van der Waals surface area contributed by atoms with E-state index < -0.39 is 21.8 Å². The number of pyridine rings is 1. The maximum absolute atomic E-state index is 13.6. The minimum atomic E-state index is -4.67. The molecule has 0 saturated heterocycles. The minimum absolute atomic E-state index is 0.0209. The molecule has 0 aliphatic carbocycles. The van der Waals surface area contributed by atoms with E-state index in [4.69, 9.17) is 4.74 Å². The number of hydrogen-bond donors (Lipinski definition) is 0. The second-order valence-electron chi connectivity index (χ2n) is 6.35. The van der Waals surface area contributed by atoms with Crippen LogP contribution < -0.4 is 9.04 Å². The summed E-state index contributed by atoms with van der Waals surface area (Å²) in [4.78, 5) is 7.91. The number of hydrogen-bond acceptors (Lipinski definition) is 6. The van der Waals surface area contributed by atoms with Gasteiger partial charge in [-0.3, -0.25) is 4.98 Å². The van der Waals surface area contributed by atoms with Gasteiger partial charge in [-0.15, -0.1) is 11.3 Å². The van der Waals surface area contributed by atoms with Crippen molar-refractivity contribution in [3.63, 3.8) is 0 Å². The molecule has 0 radical (unpaired) electrons. The van der Waals surface area contributed by atoms with E-state index in [0.717, 1.165) is 39.2 Å². The van der Waals surface area contributed by atoms with Crippen molar-refractivity contribution in [3.05, 3.63) is 72.0 Å². The highest BCUT2D eigenvalue weighted by Crippen LogP contribution is 2.42. The van der Waals surface area contributed by atoms with Gasteiger partial charge in [-0.05, 0) is 41.8 Å². The van der Waals surface area contributed by atoms with Gasteiger partial charge in [0.1, 0.15) is 11.4 Å². The molecule has 160 valence electrons. The van der Waals surface area contributed by atoms with E-state index in [1.165, 1.54) is 37.0 Å². The molecular formula is C20H14F3N3O3S2. The van der Waals surface area contributed by atoms with Crippen molar-refractivity contribution in [3.8, 4) is 5.75 Å². The first kappa shape index (κ1) is 21.1. The third kappa shape index (κ3) is 3.93. The van der Waals surface area contributed by atoms with Gasteiger partial charge >= 0.3 is 6.18 Å². The van der Waals surface area contributed by atoms with Crippen molar-refractivity contribution in [2.75, 3.05) is 11.4 Å². The van der Waals surface area contributed by atoms with E-state index in [0.29, 0.717) is 5.39 Å². The Morgan fingerprint density at radius 3 is 2.52 bits per heavy atom. The SMILES string of the molecule is COc1ccc(C(F)(F)F)cc1N(c1nccs1)S(=O)(=O)c1ccc2cnccc2c1. The van der Waals surface area contributed by atoms with Crippen molar-refractivity contribution in [2.24, 2.45) is 0 Å². The molecule has 0 fully saturated rings. The van der Waals surface area contributed by atoms with Gasteiger partial charge in [0.15, 0.2) is 0 Å². The van der Waals surface area contributed by atoms with Crippen LogP contribution in [0.2, 0.25) is 0 Å². The molecule has 0 unspecified atom stereocenters. The molecule has 4 rings (SSSR count). The third-order valence-corrected chi connectivity index (χ3v) is 7.04. The van der Waals surface area contributed by atoms with Crippen LogP contribution in [0.15, 0.2) is 71.3 Å². The smallest absolute Gasteiger partial charge is 0.416 e. The molecular weight excluding hydrogens is 451 g/mol. The quantitative estimate of drug-likeness (QED) is 0.403. The van der Waals surface area contributed by atoms with Crippen LogP contribution in [-0.2, 0) is 16.2 Å². The van der Waals surface area contributed by atoms with E-state index in [2.05, 4.69) is 9.97 Å². The summed E-state index contributed by atoms with van der Waals surface area (Å²) in [5, 5.41) is 2.85. The van der Waals surface area contributed by atoms with Crippen molar-refractivity contribution in [1.82, 2.24) is 9.97 Å². The summed E-state index contributed by atoms with van der Waals surface area (Å²) in [6.45, 7) is 0. The molecule has 0 atom stereocenters. The van der Waals surface area contributed by atoms with Crippen LogP contribution in [0.1, 0.15) is 5.56 Å². The first-order chi connectivity index (χ1) is 14.7. The molecule has 2 heterocycles. The Balaban J connectivity index is 1.96. The molecule has 0 amide bonds. The highest BCUT2D eigenvalue weighted by Gasteiger charge is 2.36. The van der Waals surface area contributed by atoms with Gasteiger partial charge < -0.3 is 4.74 Å². The lowest BCUT2D eigenvalue weighted by Gasteiger charge is -2.24. The van der Waals surface area contributed by atoms with Gasteiger partial charge in [0.2, 0.25) is 5.13 Å². The first-order valence-electron chi connectivity index (χ1n) is 8.75. The molecule has 0 bridgehead atoms. The third-order valence-electron chi connectivity index (χ3n) is 4.47. The van der Waals surface area contributed by atoms with E-state index in [1.807, 2.05) is 0 Å². The van der Waals surface area contributed by atoms with Crippen LogP contribution >= 0.6 is 11.3 Å². The molecule has 31 heavy (non-hydrogen) atoms. The van der Waals surface area contributed by atoms with Crippen LogP contribution in [0.5, 0.6) is 5.75 Å². The molecule has 2 aromatic heterocycles. The Labute approximate surface area is 179 Å². The summed E-state index contributed by atoms with van der Waals surface area (Å²) in [5.41, 5.74) is -1.30. The Morgan fingerprint density at radius 2 is 1.84 bits per heavy atom. The fourth-order valence-corrected chi connectivity index (χ4v) is 5.37. The van der Waals surface area contributed by atoms with Crippen molar-refractivity contribution in [2.45, 2.75) is 11.1 Å². The van der Waals surface area contributed by atoms with E-state index >= 15 is 0 Å². The summed E-state index contributed by atoms with van der Waals surface area (Å²) in [6, 6.07) is 8.69. The Morgan fingerprint density at radius 1 is 1.03 bits per heavy atom. The number of methoxy groups -OCH3 is 1. The summed E-state index contributed by atoms with van der Waals surface area (Å²) in [7, 11) is -3.10. The maximum atomic E-state index is 13.6. The van der Waals surface area contributed by atoms with Crippen LogP contribution in [-0.4, -0.2) is 25.5 Å². The number of thiazole rings is 1. The molecule has 0 spiro atoms. The Bertz CT molecular complexity index is 1340. The lowest BCUT2D eigenvalue weighted by Crippen LogP contribution is -2.27. The second kappa shape index (κ2) is 7.82. The monoisotopic (exact) mass is 465 g/mol. The lowest BCUT2D eigenvalue weighted by atomic mass is 10.2. The van der Waals surface area contributed by atoms with Gasteiger partial charge in [0.05, 0.1) is 17.6 Å². The van der Waals surface area contributed by atoms with Gasteiger partial charge in [-0.25, -0.2) is 17.7 Å². The summed E-state index contributed by atoms with van der Waals surface area (Å²) >= 11 is 0.972. The topological polar surface area (TPSA) is 72.4 Å². The number of anilines is 2. The number of benzene rings is 2. The zero-order valence-corrected chi connectivity index (χ0v) is 17.5. The molecule has 11 heteroatoms. The average molecular weight is 465 g/mol. The van der Waals surface area contributed by atoms with Gasteiger partial charge in [-0.1, -0.05) is 6.07 Å². The number of rotatable bonds is 5. The van der Waals surface area contributed by atoms with Crippen LogP contribution in [0.3, 0.4) is 0 Å². The van der Waals surface area contributed by atoms with Crippen molar-refractivity contribution >= 4 is 43.0 Å². The molecule has 4 aromatic rings. The average Bonchev–Trinajstić information content (AvgIpc) is 3.26. The largest absolute Gasteiger partial charge is 0.495 e. The van der Waals surface area contributed by atoms with E-state index in [1.54, 1.807) is 18.3 Å². The zero-order chi connectivity index (χ0) is 22.2. The highest BCUT2D eigenvalue weighted by atomic mass is 32.2.